The maximum Gasteiger partial charge on any atom is 0.225 e. The zero-order valence-electron chi connectivity index (χ0n) is 13.9. The molecule has 3 N–H and O–H groups in total. The van der Waals surface area contributed by atoms with Gasteiger partial charge in [0.1, 0.15) is 39.2 Å². The van der Waals surface area contributed by atoms with E-state index in [0.717, 1.165) is 45.5 Å². The van der Waals surface area contributed by atoms with Crippen LogP contribution in [-0.4, -0.2) is 50.1 Å². The first-order chi connectivity index (χ1) is 10.2. The molecule has 0 spiro atoms. The second kappa shape index (κ2) is 4.92. The van der Waals surface area contributed by atoms with E-state index < -0.39 is 0 Å². The summed E-state index contributed by atoms with van der Waals surface area (Å²) in [4.78, 5) is 15.6. The molecule has 0 radical (unpaired) electrons. The number of rotatable bonds is 1. The van der Waals surface area contributed by atoms with Crippen LogP contribution in [0.15, 0.2) is 0 Å². The predicted octanol–water partition coefficient (Wildman–Crippen LogP) is -4.51. The van der Waals surface area contributed by atoms with Crippen molar-refractivity contribution >= 4 is 84.0 Å². The van der Waals surface area contributed by atoms with Gasteiger partial charge in [0.25, 0.3) is 0 Å². The van der Waals surface area contributed by atoms with Crippen LogP contribution in [0.2, 0.25) is 10.2 Å². The molecule has 1 unspecified atom stereocenters. The van der Waals surface area contributed by atoms with Crippen molar-refractivity contribution in [1.82, 2.24) is 4.98 Å². The van der Waals surface area contributed by atoms with E-state index in [2.05, 4.69) is 36.4 Å². The second-order valence-corrected chi connectivity index (χ2v) is 7.66. The van der Waals surface area contributed by atoms with Crippen LogP contribution in [0.25, 0.3) is 10.9 Å². The molecular formula is C13H18B5ClN2O. The van der Waals surface area contributed by atoms with Crippen LogP contribution in [0.1, 0.15) is 23.6 Å². The number of nitrogens with one attached hydrogen (secondary N) is 1. The smallest absolute Gasteiger partial charge is 0.225 e. The average Bonchev–Trinajstić information content (AvgIpc) is 2.80. The van der Waals surface area contributed by atoms with Crippen LogP contribution >= 0.6 is 11.6 Å². The number of nitrogens with two attached hydrogens (primary N) is 1. The minimum absolute atomic E-state index is 0.125. The second-order valence-electron chi connectivity index (χ2n) is 7.28. The maximum atomic E-state index is 12.1. The van der Waals surface area contributed by atoms with Crippen LogP contribution in [0.5, 0.6) is 0 Å². The Morgan fingerprint density at radius 1 is 1.23 bits per heavy atom. The van der Waals surface area contributed by atoms with E-state index in [9.17, 15) is 4.79 Å². The number of carbonyl (C=O) groups is 1. The quantitative estimate of drug-likeness (QED) is 0.513. The van der Waals surface area contributed by atoms with Crippen LogP contribution in [0.4, 0.5) is 0 Å². The number of hydrogen-bond acceptors (Lipinski definition) is 1. The van der Waals surface area contributed by atoms with E-state index in [0.29, 0.717) is 0 Å². The number of H-pyrrole nitrogens is 1. The minimum atomic E-state index is -0.276. The first kappa shape index (κ1) is 15.7. The third-order valence-corrected chi connectivity index (χ3v) is 6.05. The molecule has 0 saturated carbocycles. The molecule has 3 nitrogen and oxygen atoms in total. The van der Waals surface area contributed by atoms with E-state index >= 15 is 0 Å². The highest BCUT2D eigenvalue weighted by Crippen LogP contribution is 2.47. The Balaban J connectivity index is 2.41. The summed E-state index contributed by atoms with van der Waals surface area (Å²) in [5.41, 5.74) is 12.4. The Kier molecular flexibility index (Phi) is 3.52. The number of hydrogen-bond donors (Lipinski definition) is 2. The van der Waals surface area contributed by atoms with Crippen molar-refractivity contribution in [2.75, 3.05) is 0 Å². The van der Waals surface area contributed by atoms with Gasteiger partial charge in [-0.15, -0.1) is 0 Å². The summed E-state index contributed by atoms with van der Waals surface area (Å²) in [6, 6.07) is 0. The van der Waals surface area contributed by atoms with Crippen LogP contribution in [0, 0.1) is 0 Å². The highest BCUT2D eigenvalue weighted by Gasteiger charge is 2.41. The van der Waals surface area contributed by atoms with Crippen molar-refractivity contribution in [3.05, 3.63) is 16.3 Å². The fourth-order valence-corrected chi connectivity index (χ4v) is 4.25. The summed E-state index contributed by atoms with van der Waals surface area (Å²) in [5.74, 6) is -0.530. The van der Waals surface area contributed by atoms with Crippen molar-refractivity contribution in [2.24, 2.45) is 5.73 Å². The zero-order chi connectivity index (χ0) is 16.4. The molecule has 1 aliphatic carbocycles. The van der Waals surface area contributed by atoms with Gasteiger partial charge in [-0.1, -0.05) is 39.6 Å². The van der Waals surface area contributed by atoms with Gasteiger partial charge in [0, 0.05) is 16.2 Å². The van der Waals surface area contributed by atoms with Gasteiger partial charge in [0.15, 0.2) is 0 Å². The molecule has 0 saturated heterocycles. The van der Waals surface area contributed by atoms with E-state index in [1.165, 1.54) is 10.9 Å². The van der Waals surface area contributed by atoms with Gasteiger partial charge in [0.2, 0.25) is 5.91 Å². The van der Waals surface area contributed by atoms with Crippen LogP contribution < -0.4 is 22.1 Å². The molecule has 1 atom stereocenters. The summed E-state index contributed by atoms with van der Waals surface area (Å²) in [6.45, 7) is 0. The molecule has 1 heterocycles. The van der Waals surface area contributed by atoms with E-state index in [4.69, 9.17) is 17.3 Å². The third-order valence-electron chi connectivity index (χ3n) is 5.48. The predicted molar refractivity (Wildman–Crippen MR) is 108 cm³/mol. The van der Waals surface area contributed by atoms with Gasteiger partial charge in [-0.3, -0.25) is 4.79 Å². The molecule has 1 aromatic carbocycles. The van der Waals surface area contributed by atoms with Gasteiger partial charge < -0.3 is 10.7 Å². The molecule has 0 bridgehead atoms. The number of carbonyl (C=O) groups excluding carboxylic acids is 1. The molecule has 108 valence electrons. The van der Waals surface area contributed by atoms with E-state index in [1.807, 2.05) is 7.85 Å². The topological polar surface area (TPSA) is 58.9 Å². The molecule has 22 heavy (non-hydrogen) atoms. The molecule has 1 aromatic heterocycles. The average molecular weight is 308 g/mol. The summed E-state index contributed by atoms with van der Waals surface area (Å²) in [5, 5.41) is 1.89. The number of benzene rings is 1. The largest absolute Gasteiger partial charge is 0.369 e. The molecule has 1 aliphatic rings. The monoisotopic (exact) mass is 308 g/mol. The van der Waals surface area contributed by atoms with Crippen molar-refractivity contribution in [2.45, 2.75) is 24.0 Å². The van der Waals surface area contributed by atoms with Gasteiger partial charge in [-0.05, 0) is 17.4 Å². The van der Waals surface area contributed by atoms with Gasteiger partial charge in [0.05, 0.1) is 5.92 Å². The van der Waals surface area contributed by atoms with Crippen molar-refractivity contribution in [3.63, 3.8) is 0 Å². The fraction of sp³-hybridized carbons (Fsp3) is 0.308. The summed E-state index contributed by atoms with van der Waals surface area (Å²) in [6.07, 6.45) is 1.90. The Morgan fingerprint density at radius 3 is 2.45 bits per heavy atom. The molecule has 0 aliphatic heterocycles. The SMILES string of the molecule is Bc1c(Cl)c(B)c2c3c([nH]c2c1B)C(C(N)=O)C(B)(B)CC3. The van der Waals surface area contributed by atoms with Crippen molar-refractivity contribution in [3.8, 4) is 0 Å². The standard InChI is InChI=1S/C13H18B5ClN2O/c14-6-4-3-1-2-13(17,18)5(12(20)22)10(3)21-11(4)8(16)7(15)9(6)19/h5,21H,1-2,14-18H2,(H2,20,22). The van der Waals surface area contributed by atoms with Crippen LogP contribution in [0.3, 0.4) is 0 Å². The normalized spacial score (nSPS) is 20.0. The van der Waals surface area contributed by atoms with E-state index in [1.54, 1.807) is 0 Å². The fourth-order valence-electron chi connectivity index (χ4n) is 4.01. The highest BCUT2D eigenvalue weighted by molar-refractivity contribution is 6.63. The maximum absolute atomic E-state index is 12.1. The molecule has 0 fully saturated rings. The van der Waals surface area contributed by atoms with Crippen molar-refractivity contribution in [1.29, 1.82) is 0 Å². The number of aryl methyl sites for hydroxylation is 1. The Labute approximate surface area is 140 Å². The lowest BCUT2D eigenvalue weighted by molar-refractivity contribution is -0.120. The highest BCUT2D eigenvalue weighted by atomic mass is 35.5. The zero-order valence-corrected chi connectivity index (χ0v) is 14.6. The summed E-state index contributed by atoms with van der Waals surface area (Å²) < 4.78 is 0. The first-order valence-electron chi connectivity index (χ1n) is 7.75. The lowest BCUT2D eigenvalue weighted by atomic mass is 9.43. The van der Waals surface area contributed by atoms with Crippen molar-refractivity contribution < 1.29 is 4.79 Å². The third kappa shape index (κ3) is 1.99. The number of aromatic nitrogens is 1. The molecule has 1 amide bonds. The summed E-state index contributed by atoms with van der Waals surface area (Å²) in [7, 11) is 10.4. The van der Waals surface area contributed by atoms with Crippen LogP contribution in [-0.2, 0) is 11.2 Å². The molecule has 2 aromatic rings. The first-order valence-corrected chi connectivity index (χ1v) is 8.13. The lowest BCUT2D eigenvalue weighted by Crippen LogP contribution is -2.37. The summed E-state index contributed by atoms with van der Waals surface area (Å²) >= 11 is 6.51. The molecule has 9 heteroatoms. The van der Waals surface area contributed by atoms with Gasteiger partial charge in [-0.25, -0.2) is 0 Å². The van der Waals surface area contributed by atoms with Gasteiger partial charge >= 0.3 is 0 Å². The lowest BCUT2D eigenvalue weighted by Gasteiger charge is -2.36. The van der Waals surface area contributed by atoms with Gasteiger partial charge in [-0.2, -0.15) is 0 Å². The molecule has 3 rings (SSSR count). The Morgan fingerprint density at radius 2 is 1.86 bits per heavy atom. The number of halogens is 1. The number of amides is 1. The Hall–Kier alpha value is -1.16. The number of primary amides is 1. The number of aromatic amines is 1. The molecular weight excluding hydrogens is 290 g/mol. The number of fused-ring (bicyclic) bond motifs is 3. The Bertz CT molecular complexity index is 817. The van der Waals surface area contributed by atoms with E-state index in [-0.39, 0.29) is 17.0 Å². The minimum Gasteiger partial charge on any atom is -0.369 e.